The molecular weight excluding hydrogens is 434 g/mol. The molecule has 9 nitrogen and oxygen atoms in total. The van der Waals surface area contributed by atoms with Crippen LogP contribution in [0.4, 0.5) is 0 Å². The maximum Gasteiger partial charge on any atom is 0.259 e. The van der Waals surface area contributed by atoms with Crippen molar-refractivity contribution in [2.45, 2.75) is 32.7 Å². The van der Waals surface area contributed by atoms with Crippen LogP contribution in [-0.2, 0) is 13.0 Å². The zero-order chi connectivity index (χ0) is 23.8. The average molecular weight is 460 g/mol. The minimum absolute atomic E-state index is 0.0546. The van der Waals surface area contributed by atoms with E-state index < -0.39 is 0 Å². The Morgan fingerprint density at radius 2 is 1.97 bits per heavy atom. The quantitative estimate of drug-likeness (QED) is 0.437. The minimum atomic E-state index is -0.294. The number of ether oxygens (including phenoxy) is 1. The number of pyridine rings is 2. The van der Waals surface area contributed by atoms with E-state index in [0.717, 1.165) is 17.0 Å². The number of carbonyl (C=O) groups excluding carboxylic acids is 1. The van der Waals surface area contributed by atoms with Gasteiger partial charge in [-0.2, -0.15) is 4.98 Å². The van der Waals surface area contributed by atoms with E-state index in [9.17, 15) is 9.59 Å². The van der Waals surface area contributed by atoms with E-state index in [-0.39, 0.29) is 22.8 Å². The highest BCUT2D eigenvalue weighted by Gasteiger charge is 2.37. The molecular formula is C25H25N5O4. The first-order valence-electron chi connectivity index (χ1n) is 11.2. The average Bonchev–Trinajstić information content (AvgIpc) is 3.26. The van der Waals surface area contributed by atoms with Gasteiger partial charge >= 0.3 is 0 Å². The lowest BCUT2D eigenvalue weighted by Crippen LogP contribution is -2.49. The minimum Gasteiger partial charge on any atom is -0.496 e. The van der Waals surface area contributed by atoms with Crippen LogP contribution in [0.3, 0.4) is 0 Å². The molecule has 0 unspecified atom stereocenters. The second kappa shape index (κ2) is 8.74. The van der Waals surface area contributed by atoms with Crippen LogP contribution < -0.4 is 10.2 Å². The van der Waals surface area contributed by atoms with Crippen LogP contribution in [0.5, 0.6) is 5.75 Å². The van der Waals surface area contributed by atoms with Crippen molar-refractivity contribution in [3.63, 3.8) is 0 Å². The van der Waals surface area contributed by atoms with Crippen molar-refractivity contribution < 1.29 is 14.1 Å². The summed E-state index contributed by atoms with van der Waals surface area (Å²) in [6.45, 7) is 5.28. The van der Waals surface area contributed by atoms with Gasteiger partial charge in [-0.3, -0.25) is 9.59 Å². The first-order chi connectivity index (χ1) is 16.5. The van der Waals surface area contributed by atoms with E-state index in [1.54, 1.807) is 30.3 Å². The molecule has 0 spiro atoms. The number of para-hydroxylation sites is 1. The van der Waals surface area contributed by atoms with Crippen molar-refractivity contribution in [3.05, 3.63) is 81.4 Å². The van der Waals surface area contributed by atoms with E-state index >= 15 is 0 Å². The number of hydrogen-bond donors (Lipinski definition) is 0. The van der Waals surface area contributed by atoms with Gasteiger partial charge in [-0.1, -0.05) is 23.4 Å². The standard InChI is InChI=1S/C25H25N5O4/c1-4-29-14-19(22(31)18-10-9-15(2)26-23(18)29)25(32)30-12-17(13-30)24-27-21(28-34-24)11-16-7-5-6-8-20(16)33-3/h5-10,14,17H,4,11-13H2,1-3H3. The number of amides is 1. The predicted molar refractivity (Wildman–Crippen MR) is 125 cm³/mol. The highest BCUT2D eigenvalue weighted by Crippen LogP contribution is 2.28. The van der Waals surface area contributed by atoms with Crippen molar-refractivity contribution in [1.82, 2.24) is 24.6 Å². The van der Waals surface area contributed by atoms with Crippen LogP contribution in [0.1, 0.15) is 46.2 Å². The molecule has 0 radical (unpaired) electrons. The normalized spacial score (nSPS) is 13.8. The molecule has 4 heterocycles. The molecule has 0 aliphatic carbocycles. The molecule has 5 rings (SSSR count). The van der Waals surface area contributed by atoms with Gasteiger partial charge in [0, 0.05) is 43.5 Å². The molecule has 174 valence electrons. The Kier molecular flexibility index (Phi) is 5.61. The van der Waals surface area contributed by atoms with Gasteiger partial charge in [0.2, 0.25) is 11.3 Å². The molecule has 9 heteroatoms. The molecule has 1 amide bonds. The molecule has 1 fully saturated rings. The second-order valence-electron chi connectivity index (χ2n) is 8.43. The molecule has 0 saturated carbocycles. The zero-order valence-corrected chi connectivity index (χ0v) is 19.3. The van der Waals surface area contributed by atoms with Crippen LogP contribution in [-0.4, -0.2) is 50.7 Å². The third-order valence-corrected chi connectivity index (χ3v) is 6.17. The summed E-state index contributed by atoms with van der Waals surface area (Å²) in [6.07, 6.45) is 2.11. The Hall–Kier alpha value is -4.01. The number of hydrogen-bond acceptors (Lipinski definition) is 7. The molecule has 1 aliphatic heterocycles. The smallest absolute Gasteiger partial charge is 0.259 e. The summed E-state index contributed by atoms with van der Waals surface area (Å²) >= 11 is 0. The lowest BCUT2D eigenvalue weighted by Gasteiger charge is -2.37. The summed E-state index contributed by atoms with van der Waals surface area (Å²) in [4.78, 5) is 36.8. The van der Waals surface area contributed by atoms with Crippen LogP contribution in [0.15, 0.2) is 51.9 Å². The van der Waals surface area contributed by atoms with Crippen LogP contribution in [0.25, 0.3) is 11.0 Å². The number of aryl methyl sites for hydroxylation is 2. The van der Waals surface area contributed by atoms with Gasteiger partial charge in [-0.15, -0.1) is 0 Å². The predicted octanol–water partition coefficient (Wildman–Crippen LogP) is 2.95. The van der Waals surface area contributed by atoms with Gasteiger partial charge in [0.15, 0.2) is 5.82 Å². The largest absolute Gasteiger partial charge is 0.496 e. The number of aromatic nitrogens is 4. The monoisotopic (exact) mass is 459 g/mol. The first kappa shape index (κ1) is 21.8. The lowest BCUT2D eigenvalue weighted by molar-refractivity contribution is 0.0567. The van der Waals surface area contributed by atoms with Crippen molar-refractivity contribution in [3.8, 4) is 5.75 Å². The third-order valence-electron chi connectivity index (χ3n) is 6.17. The molecule has 1 aliphatic rings. The van der Waals surface area contributed by atoms with Crippen molar-refractivity contribution in [2.75, 3.05) is 20.2 Å². The number of likely N-dealkylation sites (tertiary alicyclic amines) is 1. The SMILES string of the molecule is CCn1cc(C(=O)N2CC(c3nc(Cc4ccccc4OC)no3)C2)c(=O)c2ccc(C)nc21. The van der Waals surface area contributed by atoms with Gasteiger partial charge in [0.25, 0.3) is 5.91 Å². The molecule has 0 atom stereocenters. The zero-order valence-electron chi connectivity index (χ0n) is 19.3. The summed E-state index contributed by atoms with van der Waals surface area (Å²) in [5, 5.41) is 4.54. The Balaban J connectivity index is 1.31. The highest BCUT2D eigenvalue weighted by atomic mass is 16.5. The molecule has 0 N–H and O–H groups in total. The Morgan fingerprint density at radius 1 is 1.18 bits per heavy atom. The molecule has 1 saturated heterocycles. The van der Waals surface area contributed by atoms with E-state index in [2.05, 4.69) is 15.1 Å². The fourth-order valence-electron chi connectivity index (χ4n) is 4.25. The molecule has 1 aromatic carbocycles. The van der Waals surface area contributed by atoms with Gasteiger partial charge in [-0.05, 0) is 32.0 Å². The highest BCUT2D eigenvalue weighted by molar-refractivity contribution is 5.97. The summed E-state index contributed by atoms with van der Waals surface area (Å²) in [5.74, 6) is 1.49. The Bertz CT molecular complexity index is 1440. The summed E-state index contributed by atoms with van der Waals surface area (Å²) in [7, 11) is 1.63. The molecule has 3 aromatic heterocycles. The number of benzene rings is 1. The van der Waals surface area contributed by atoms with Gasteiger partial charge in [-0.25, -0.2) is 4.98 Å². The van der Waals surface area contributed by atoms with Crippen LogP contribution >= 0.6 is 0 Å². The van der Waals surface area contributed by atoms with Crippen molar-refractivity contribution in [2.24, 2.45) is 0 Å². The molecule has 4 aromatic rings. The van der Waals surface area contributed by atoms with E-state index in [1.165, 1.54) is 0 Å². The number of rotatable bonds is 6. The summed E-state index contributed by atoms with van der Waals surface area (Å²) in [6, 6.07) is 11.2. The van der Waals surface area contributed by atoms with Crippen molar-refractivity contribution in [1.29, 1.82) is 0 Å². The van der Waals surface area contributed by atoms with Gasteiger partial charge in [0.05, 0.1) is 18.4 Å². The number of nitrogens with zero attached hydrogens (tertiary/aromatic N) is 5. The van der Waals surface area contributed by atoms with Gasteiger partial charge < -0.3 is 18.7 Å². The summed E-state index contributed by atoms with van der Waals surface area (Å²) < 4.78 is 12.7. The summed E-state index contributed by atoms with van der Waals surface area (Å²) in [5.41, 5.74) is 2.25. The number of carbonyl (C=O) groups is 1. The van der Waals surface area contributed by atoms with Gasteiger partial charge in [0.1, 0.15) is 17.0 Å². The van der Waals surface area contributed by atoms with E-state index in [4.69, 9.17) is 9.26 Å². The molecule has 34 heavy (non-hydrogen) atoms. The fourth-order valence-corrected chi connectivity index (χ4v) is 4.25. The molecule has 0 bridgehead atoms. The Morgan fingerprint density at radius 3 is 2.74 bits per heavy atom. The number of methoxy groups -OCH3 is 1. The first-order valence-corrected chi connectivity index (χ1v) is 11.2. The number of fused-ring (bicyclic) bond motifs is 1. The topological polar surface area (TPSA) is 103 Å². The van der Waals surface area contributed by atoms with Crippen LogP contribution in [0.2, 0.25) is 0 Å². The maximum absolute atomic E-state index is 13.1. The Labute approximate surface area is 196 Å². The third kappa shape index (κ3) is 3.83. The maximum atomic E-state index is 13.1. The van der Waals surface area contributed by atoms with Crippen LogP contribution in [0, 0.1) is 6.92 Å². The van der Waals surface area contributed by atoms with E-state index in [0.29, 0.717) is 48.8 Å². The van der Waals surface area contributed by atoms with E-state index in [1.807, 2.05) is 42.7 Å². The van der Waals surface area contributed by atoms with Crippen molar-refractivity contribution >= 4 is 16.9 Å². The lowest BCUT2D eigenvalue weighted by atomic mass is 9.98. The second-order valence-corrected chi connectivity index (χ2v) is 8.43. The fraction of sp³-hybridized carbons (Fsp3) is 0.320.